The first-order valence-electron chi connectivity index (χ1n) is 13.0. The number of amides is 1. The summed E-state index contributed by atoms with van der Waals surface area (Å²) in [5.74, 6) is -0.351. The summed E-state index contributed by atoms with van der Waals surface area (Å²) in [5, 5.41) is 3.71. The number of hydrogen-bond acceptors (Lipinski definition) is 7. The van der Waals surface area contributed by atoms with E-state index < -0.39 is 23.2 Å². The number of carbonyl (C=O) groups excluding carboxylic acids is 3. The van der Waals surface area contributed by atoms with Crippen LogP contribution < -0.4 is 5.32 Å². The lowest BCUT2D eigenvalue weighted by Crippen LogP contribution is -2.47. The van der Waals surface area contributed by atoms with E-state index in [1.807, 2.05) is 49.5 Å². The third kappa shape index (κ3) is 4.79. The Bertz CT molecular complexity index is 1270. The molecule has 37 heavy (non-hydrogen) atoms. The van der Waals surface area contributed by atoms with Crippen molar-refractivity contribution in [2.75, 3.05) is 13.3 Å². The highest BCUT2D eigenvalue weighted by Crippen LogP contribution is 2.38. The molecule has 1 N–H and O–H groups in total. The Kier molecular flexibility index (Phi) is 6.20. The number of esters is 1. The van der Waals surface area contributed by atoms with E-state index in [-0.39, 0.29) is 24.6 Å². The van der Waals surface area contributed by atoms with Crippen LogP contribution in [0.15, 0.2) is 36.7 Å². The minimum absolute atomic E-state index is 0.0662. The van der Waals surface area contributed by atoms with Gasteiger partial charge in [-0.15, -0.1) is 0 Å². The normalized spacial score (nSPS) is 22.2. The number of Topliss-reactive ketones (excluding diaryl/α,β-unsaturated/α-hetero) is 1. The van der Waals surface area contributed by atoms with Gasteiger partial charge in [0, 0.05) is 54.1 Å². The van der Waals surface area contributed by atoms with E-state index in [2.05, 4.69) is 20.9 Å². The van der Waals surface area contributed by atoms with Gasteiger partial charge in [-0.1, -0.05) is 18.2 Å². The molecule has 2 atom stereocenters. The number of carbonyl (C=O) groups is 3. The molecule has 0 spiro atoms. The number of nitrogens with one attached hydrogen (secondary N) is 1. The lowest BCUT2D eigenvalue weighted by atomic mass is 9.84. The summed E-state index contributed by atoms with van der Waals surface area (Å²) in [6, 6.07) is 8.09. The number of fused-ring (bicyclic) bond motifs is 3. The van der Waals surface area contributed by atoms with Gasteiger partial charge in [-0.05, 0) is 59.4 Å². The number of aryl methyl sites for hydroxylation is 1. The summed E-state index contributed by atoms with van der Waals surface area (Å²) >= 11 is 0. The Labute approximate surface area is 217 Å². The first-order chi connectivity index (χ1) is 17.5. The van der Waals surface area contributed by atoms with Gasteiger partial charge >= 0.3 is 12.1 Å². The van der Waals surface area contributed by atoms with Gasteiger partial charge in [0.1, 0.15) is 17.3 Å². The highest BCUT2D eigenvalue weighted by Gasteiger charge is 2.53. The highest BCUT2D eigenvalue weighted by atomic mass is 16.6. The average Bonchev–Trinajstić information content (AvgIpc) is 3.45. The summed E-state index contributed by atoms with van der Waals surface area (Å²) in [4.78, 5) is 42.5. The summed E-state index contributed by atoms with van der Waals surface area (Å²) in [6.45, 7) is 8.03. The molecule has 2 unspecified atom stereocenters. The Balaban J connectivity index is 1.16. The molecule has 0 radical (unpaired) electrons. The molecule has 9 nitrogen and oxygen atoms in total. The number of alkyl carbamates (subject to hydrolysis) is 1. The molecule has 9 heteroatoms. The molecule has 3 aliphatic rings. The monoisotopic (exact) mass is 508 g/mol. The van der Waals surface area contributed by atoms with Crippen LogP contribution in [0, 0.1) is 5.92 Å². The SMILES string of the molecule is CC1N(COC(=O)C2(NC(=O)OC(C)(C)C)CC2)C=CN1CC1CCc2c(c3ccccc3n2C)C1=O. The molecule has 0 bridgehead atoms. The van der Waals surface area contributed by atoms with Gasteiger partial charge in [0.2, 0.25) is 0 Å². The second-order valence-corrected chi connectivity index (χ2v) is 11.4. The van der Waals surface area contributed by atoms with Gasteiger partial charge in [-0.3, -0.25) is 4.79 Å². The maximum absolute atomic E-state index is 13.5. The van der Waals surface area contributed by atoms with Crippen LogP contribution in [0.4, 0.5) is 4.79 Å². The van der Waals surface area contributed by atoms with Gasteiger partial charge in [0.25, 0.3) is 0 Å². The number of aromatic nitrogens is 1. The quantitative estimate of drug-likeness (QED) is 0.591. The Morgan fingerprint density at radius 3 is 2.54 bits per heavy atom. The fraction of sp³-hybridized carbons (Fsp3) is 0.536. The first-order valence-corrected chi connectivity index (χ1v) is 13.0. The molecule has 2 heterocycles. The second kappa shape index (κ2) is 9.11. The van der Waals surface area contributed by atoms with Crippen LogP contribution in [-0.2, 0) is 27.7 Å². The van der Waals surface area contributed by atoms with Crippen LogP contribution in [0.1, 0.15) is 63.0 Å². The smallest absolute Gasteiger partial charge is 0.408 e. The Hall–Kier alpha value is -3.49. The maximum Gasteiger partial charge on any atom is 0.408 e. The number of para-hydroxylation sites is 1. The van der Waals surface area contributed by atoms with Crippen LogP contribution >= 0.6 is 0 Å². The lowest BCUT2D eigenvalue weighted by molar-refractivity contribution is -0.152. The standard InChI is InChI=1S/C28H36N4O5/c1-18-31(16-19-10-11-22-23(24(19)33)20-8-6-7-9-21(20)30(22)5)14-15-32(18)17-36-25(34)28(12-13-28)29-26(35)37-27(2,3)4/h6-9,14-15,18-19H,10-13,16-17H2,1-5H3,(H,29,35). The first kappa shape index (κ1) is 25.2. The van der Waals surface area contributed by atoms with Crippen molar-refractivity contribution >= 4 is 28.7 Å². The van der Waals surface area contributed by atoms with Gasteiger partial charge in [0.05, 0.1) is 0 Å². The van der Waals surface area contributed by atoms with Crippen LogP contribution in [-0.4, -0.2) is 62.8 Å². The van der Waals surface area contributed by atoms with Crippen molar-refractivity contribution in [3.63, 3.8) is 0 Å². The minimum Gasteiger partial charge on any atom is -0.444 e. The molecular formula is C28H36N4O5. The van der Waals surface area contributed by atoms with E-state index in [4.69, 9.17) is 9.47 Å². The zero-order chi connectivity index (χ0) is 26.5. The van der Waals surface area contributed by atoms with Gasteiger partial charge in [-0.2, -0.15) is 0 Å². The molecule has 2 aromatic rings. The number of nitrogens with zero attached hydrogens (tertiary/aromatic N) is 3. The number of rotatable bonds is 6. The van der Waals surface area contributed by atoms with E-state index >= 15 is 0 Å². The third-order valence-corrected chi connectivity index (χ3v) is 7.64. The molecule has 0 saturated heterocycles. The topological polar surface area (TPSA) is 93.1 Å². The van der Waals surface area contributed by atoms with Gasteiger partial charge in [-0.25, -0.2) is 9.59 Å². The van der Waals surface area contributed by atoms with Crippen molar-refractivity contribution in [2.45, 2.75) is 70.7 Å². The van der Waals surface area contributed by atoms with Crippen molar-refractivity contribution in [1.82, 2.24) is 19.7 Å². The summed E-state index contributed by atoms with van der Waals surface area (Å²) in [6.07, 6.45) is 5.90. The molecule has 5 rings (SSSR count). The zero-order valence-corrected chi connectivity index (χ0v) is 22.2. The van der Waals surface area contributed by atoms with E-state index in [0.717, 1.165) is 35.0 Å². The van der Waals surface area contributed by atoms with E-state index in [0.29, 0.717) is 19.4 Å². The fourth-order valence-electron chi connectivity index (χ4n) is 5.34. The zero-order valence-electron chi connectivity index (χ0n) is 22.2. The predicted molar refractivity (Wildman–Crippen MR) is 139 cm³/mol. The number of ketones is 1. The fourth-order valence-corrected chi connectivity index (χ4v) is 5.34. The molecule has 1 aromatic carbocycles. The maximum atomic E-state index is 13.5. The third-order valence-electron chi connectivity index (χ3n) is 7.64. The van der Waals surface area contributed by atoms with Crippen LogP contribution in [0.5, 0.6) is 0 Å². The lowest BCUT2D eigenvalue weighted by Gasteiger charge is -2.33. The summed E-state index contributed by atoms with van der Waals surface area (Å²) in [5.41, 5.74) is 1.44. The predicted octanol–water partition coefficient (Wildman–Crippen LogP) is 3.92. The van der Waals surface area contributed by atoms with Crippen molar-refractivity contribution in [3.8, 4) is 0 Å². The molecule has 2 aliphatic carbocycles. The van der Waals surface area contributed by atoms with Crippen LogP contribution in [0.25, 0.3) is 10.9 Å². The number of benzene rings is 1. The van der Waals surface area contributed by atoms with Crippen LogP contribution in [0.2, 0.25) is 0 Å². The number of hydrogen-bond donors (Lipinski definition) is 1. The summed E-state index contributed by atoms with van der Waals surface area (Å²) in [7, 11) is 2.04. The Morgan fingerprint density at radius 1 is 1.14 bits per heavy atom. The molecule has 1 aromatic heterocycles. The molecule has 1 amide bonds. The molecule has 1 fully saturated rings. The van der Waals surface area contributed by atoms with Crippen molar-refractivity contribution in [2.24, 2.45) is 13.0 Å². The molecule has 198 valence electrons. The minimum atomic E-state index is -1.00. The van der Waals surface area contributed by atoms with Gasteiger partial charge < -0.3 is 29.2 Å². The highest BCUT2D eigenvalue weighted by molar-refractivity contribution is 6.11. The summed E-state index contributed by atoms with van der Waals surface area (Å²) < 4.78 is 13.0. The van der Waals surface area contributed by atoms with E-state index in [1.165, 1.54) is 0 Å². The van der Waals surface area contributed by atoms with Gasteiger partial charge in [0.15, 0.2) is 12.5 Å². The molecule has 1 saturated carbocycles. The van der Waals surface area contributed by atoms with Crippen molar-refractivity contribution < 1.29 is 23.9 Å². The van der Waals surface area contributed by atoms with E-state index in [9.17, 15) is 14.4 Å². The average molecular weight is 509 g/mol. The Morgan fingerprint density at radius 2 is 1.84 bits per heavy atom. The second-order valence-electron chi connectivity index (χ2n) is 11.4. The van der Waals surface area contributed by atoms with Crippen molar-refractivity contribution in [3.05, 3.63) is 47.9 Å². The molecule has 1 aliphatic heterocycles. The number of ether oxygens (including phenoxy) is 2. The largest absolute Gasteiger partial charge is 0.444 e. The van der Waals surface area contributed by atoms with E-state index in [1.54, 1.807) is 20.8 Å². The van der Waals surface area contributed by atoms with Crippen molar-refractivity contribution in [1.29, 1.82) is 0 Å². The molecular weight excluding hydrogens is 472 g/mol. The van der Waals surface area contributed by atoms with Crippen LogP contribution in [0.3, 0.4) is 0 Å².